The van der Waals surface area contributed by atoms with Crippen LogP contribution in [-0.2, 0) is 4.74 Å². The Morgan fingerprint density at radius 2 is 1.65 bits per heavy atom. The number of phenolic OH excluding ortho intramolecular Hbond substituents is 1. The van der Waals surface area contributed by atoms with Crippen molar-refractivity contribution >= 4 is 29.2 Å². The van der Waals surface area contributed by atoms with E-state index in [0.717, 1.165) is 0 Å². The summed E-state index contributed by atoms with van der Waals surface area (Å²) in [5, 5.41) is 35.1. The van der Waals surface area contributed by atoms with Crippen molar-refractivity contribution in [2.75, 3.05) is 11.9 Å². The van der Waals surface area contributed by atoms with Crippen LogP contribution in [-0.4, -0.2) is 30.3 Å². The Morgan fingerprint density at radius 1 is 1.20 bits per heavy atom. The minimum absolute atomic E-state index is 0. The molecule has 1 aromatic carbocycles. The van der Waals surface area contributed by atoms with Gasteiger partial charge in [0.25, 0.3) is 0 Å². The number of phenols is 1. The Kier molecular flexibility index (Phi) is 25.6. The number of rotatable bonds is 3. The second-order valence-corrected chi connectivity index (χ2v) is 3.42. The number of para-hydroxylation sites is 1. The summed E-state index contributed by atoms with van der Waals surface area (Å²) in [5.74, 6) is -0.556. The van der Waals surface area contributed by atoms with Crippen molar-refractivity contribution < 1.29 is 86.3 Å². The molecule has 0 fully saturated rings. The van der Waals surface area contributed by atoms with E-state index in [2.05, 4.69) is 15.9 Å². The average molecular weight is 325 g/mol. The van der Waals surface area contributed by atoms with Crippen LogP contribution in [0.15, 0.2) is 24.3 Å². The number of hydrogen-bond acceptors (Lipinski definition) is 6. The van der Waals surface area contributed by atoms with Gasteiger partial charge in [-0.25, -0.2) is 4.79 Å². The Hall–Kier alpha value is 0.707. The SMILES string of the molecule is O=C(OCCBr)c1ccccc1O.[Li+].[Li+].[Li+].[O-]B([O-])[O-]. The van der Waals surface area contributed by atoms with Crippen LogP contribution in [0.1, 0.15) is 10.4 Å². The van der Waals surface area contributed by atoms with Gasteiger partial charge in [0, 0.05) is 5.33 Å². The summed E-state index contributed by atoms with van der Waals surface area (Å²) in [6.07, 6.45) is 0. The number of alkyl halides is 1. The van der Waals surface area contributed by atoms with Gasteiger partial charge < -0.3 is 24.9 Å². The second kappa shape index (κ2) is 17.8. The zero-order chi connectivity index (χ0) is 13.3. The molecule has 0 saturated heterocycles. The standard InChI is InChI=1S/C9H9BrO3.BO3.3Li/c10-5-6-13-9(12)7-3-1-2-4-8(7)11;2-1(3)4;;;/h1-4,11H,5-6H2;;;;/q;-3;3*+1. The second-order valence-electron chi connectivity index (χ2n) is 2.63. The summed E-state index contributed by atoms with van der Waals surface area (Å²) in [6.45, 7) is 0.299. The first-order valence-electron chi connectivity index (χ1n) is 4.47. The van der Waals surface area contributed by atoms with E-state index < -0.39 is 13.3 Å². The summed E-state index contributed by atoms with van der Waals surface area (Å²) in [4.78, 5) is 11.2. The molecule has 6 nitrogen and oxygen atoms in total. The summed E-state index contributed by atoms with van der Waals surface area (Å²) >= 11 is 3.13. The van der Waals surface area contributed by atoms with Gasteiger partial charge in [-0.05, 0) is 12.1 Å². The van der Waals surface area contributed by atoms with Crippen molar-refractivity contribution in [2.24, 2.45) is 0 Å². The molecule has 0 aliphatic rings. The number of carbonyl (C=O) groups is 1. The van der Waals surface area contributed by atoms with Crippen molar-refractivity contribution in [3.8, 4) is 5.75 Å². The number of halogens is 1. The van der Waals surface area contributed by atoms with Crippen molar-refractivity contribution in [1.82, 2.24) is 0 Å². The smallest absolute Gasteiger partial charge is 0.907 e. The molecule has 20 heavy (non-hydrogen) atoms. The first-order chi connectivity index (χ1) is 7.99. The third-order valence-electron chi connectivity index (χ3n) is 1.43. The first-order valence-corrected chi connectivity index (χ1v) is 5.59. The van der Waals surface area contributed by atoms with Crippen molar-refractivity contribution in [1.29, 1.82) is 0 Å². The molecule has 0 aliphatic heterocycles. The molecular weight excluding hydrogens is 316 g/mol. The molecule has 0 aromatic heterocycles. The van der Waals surface area contributed by atoms with Crippen LogP contribution in [0.25, 0.3) is 0 Å². The van der Waals surface area contributed by atoms with Crippen LogP contribution in [0, 0.1) is 0 Å². The van der Waals surface area contributed by atoms with Crippen molar-refractivity contribution in [3.63, 3.8) is 0 Å². The van der Waals surface area contributed by atoms with Gasteiger partial charge in [-0.15, -0.1) is 0 Å². The molecule has 94 valence electrons. The fourth-order valence-corrected chi connectivity index (χ4v) is 1.02. The normalized spacial score (nSPS) is 7.60. The van der Waals surface area contributed by atoms with Crippen LogP contribution in [0.5, 0.6) is 5.75 Å². The first kappa shape index (κ1) is 28.8. The topological polar surface area (TPSA) is 116 Å². The molecule has 0 aliphatic carbocycles. The third kappa shape index (κ3) is 15.1. The molecule has 0 saturated carbocycles. The summed E-state index contributed by atoms with van der Waals surface area (Å²) in [5.41, 5.74) is 0.198. The number of carbonyl (C=O) groups excluding carboxylic acids is 1. The predicted molar refractivity (Wildman–Crippen MR) is 57.9 cm³/mol. The molecule has 1 rings (SSSR count). The minimum Gasteiger partial charge on any atom is -0.907 e. The quantitative estimate of drug-likeness (QED) is 0.335. The van der Waals surface area contributed by atoms with E-state index in [4.69, 9.17) is 19.8 Å². The largest absolute Gasteiger partial charge is 1.00 e. The van der Waals surface area contributed by atoms with Gasteiger partial charge in [0.1, 0.15) is 17.9 Å². The maximum atomic E-state index is 11.2. The van der Waals surface area contributed by atoms with E-state index in [0.29, 0.717) is 11.9 Å². The average Bonchev–Trinajstić information content (AvgIpc) is 2.26. The Morgan fingerprint density at radius 3 is 2.05 bits per heavy atom. The Balaban J connectivity index is -0.000000164. The molecule has 1 N–H and O–H groups in total. The van der Waals surface area contributed by atoms with E-state index in [1.807, 2.05) is 0 Å². The monoisotopic (exact) mass is 324 g/mol. The third-order valence-corrected chi connectivity index (χ3v) is 1.76. The fraction of sp³-hybridized carbons (Fsp3) is 0.222. The van der Waals surface area contributed by atoms with Gasteiger partial charge in [-0.3, -0.25) is 7.32 Å². The van der Waals surface area contributed by atoms with E-state index >= 15 is 0 Å². The van der Waals surface area contributed by atoms with Crippen LogP contribution < -0.4 is 71.7 Å². The summed E-state index contributed by atoms with van der Waals surface area (Å²) in [7, 11) is -2.92. The zero-order valence-corrected chi connectivity index (χ0v) is 13.3. The molecule has 0 spiro atoms. The van der Waals surface area contributed by atoms with E-state index in [1.165, 1.54) is 12.1 Å². The molecule has 0 atom stereocenters. The molecule has 0 unspecified atom stereocenters. The van der Waals surface area contributed by atoms with Gasteiger partial charge in [-0.2, -0.15) is 0 Å². The van der Waals surface area contributed by atoms with E-state index in [9.17, 15) is 9.90 Å². The van der Waals surface area contributed by atoms with Gasteiger partial charge in [0.2, 0.25) is 0 Å². The minimum atomic E-state index is -2.92. The molecule has 11 heteroatoms. The van der Waals surface area contributed by atoms with Crippen LogP contribution in [0.2, 0.25) is 0 Å². The van der Waals surface area contributed by atoms with Crippen LogP contribution >= 0.6 is 15.9 Å². The summed E-state index contributed by atoms with van der Waals surface area (Å²) in [6, 6.07) is 6.29. The van der Waals surface area contributed by atoms with Crippen LogP contribution in [0.4, 0.5) is 0 Å². The summed E-state index contributed by atoms with van der Waals surface area (Å²) < 4.78 is 4.81. The number of aromatic hydroxyl groups is 1. The number of hydrogen-bond donors (Lipinski definition) is 1. The van der Waals surface area contributed by atoms with Gasteiger partial charge >= 0.3 is 62.6 Å². The Bertz CT molecular complexity index is 355. The number of benzene rings is 1. The van der Waals surface area contributed by atoms with E-state index in [-0.39, 0.29) is 67.9 Å². The fourth-order valence-electron chi connectivity index (χ4n) is 0.855. The van der Waals surface area contributed by atoms with Crippen LogP contribution in [0.3, 0.4) is 0 Å². The molecular formula is C9H9BBrLi3O6. The van der Waals surface area contributed by atoms with Gasteiger partial charge in [0.05, 0.1) is 0 Å². The maximum Gasteiger partial charge on any atom is 1.00 e. The molecule has 0 radical (unpaired) electrons. The van der Waals surface area contributed by atoms with Gasteiger partial charge in [0.15, 0.2) is 0 Å². The number of ether oxygens (including phenoxy) is 1. The molecule has 0 bridgehead atoms. The zero-order valence-electron chi connectivity index (χ0n) is 11.7. The van der Waals surface area contributed by atoms with Crippen molar-refractivity contribution in [3.05, 3.63) is 29.8 Å². The number of esters is 1. The van der Waals surface area contributed by atoms with Gasteiger partial charge in [-0.1, -0.05) is 28.1 Å². The maximum absolute atomic E-state index is 11.2. The van der Waals surface area contributed by atoms with E-state index in [1.54, 1.807) is 12.1 Å². The molecule has 1 aromatic rings. The predicted octanol–water partition coefficient (Wildman–Crippen LogP) is -11.0. The molecule has 0 heterocycles. The Labute approximate surface area is 162 Å². The van der Waals surface area contributed by atoms with Crippen molar-refractivity contribution in [2.45, 2.75) is 0 Å². The molecule has 0 amide bonds.